The van der Waals surface area contributed by atoms with Crippen LogP contribution in [0.1, 0.15) is 49.7 Å². The summed E-state index contributed by atoms with van der Waals surface area (Å²) in [5.41, 5.74) is 7.73. The normalized spacial score (nSPS) is 11.2. The van der Waals surface area contributed by atoms with E-state index in [0.717, 1.165) is 44.9 Å². The number of carbonyl (C=O) groups is 1. The average molecular weight is 423 g/mol. The van der Waals surface area contributed by atoms with Crippen molar-refractivity contribution < 1.29 is 4.79 Å². The molecule has 0 unspecified atom stereocenters. The highest BCUT2D eigenvalue weighted by Crippen LogP contribution is 2.20. The summed E-state index contributed by atoms with van der Waals surface area (Å²) in [6.45, 7) is 10.2. The molecule has 160 valence electrons. The molecule has 4 rings (SSSR count). The van der Waals surface area contributed by atoms with Crippen LogP contribution in [0.15, 0.2) is 47.4 Å². The van der Waals surface area contributed by atoms with Crippen molar-refractivity contribution in [2.24, 2.45) is 0 Å². The van der Waals surface area contributed by atoms with Crippen molar-refractivity contribution in [1.82, 2.24) is 14.5 Å². The van der Waals surface area contributed by atoms with Crippen LogP contribution in [0.4, 0.5) is 0 Å². The quantitative estimate of drug-likeness (QED) is 0.374. The average Bonchev–Trinajstić information content (AvgIpc) is 2.74. The van der Waals surface area contributed by atoms with Gasteiger partial charge in [0, 0.05) is 17.5 Å². The molecule has 6 heteroatoms. The molecule has 0 aliphatic heterocycles. The van der Waals surface area contributed by atoms with E-state index in [4.69, 9.17) is 4.98 Å². The molecule has 0 N–H and O–H groups in total. The molecular formula is C26H26BN3O2. The molecule has 4 aromatic rings. The molecule has 3 aromatic heterocycles. The maximum atomic E-state index is 13.4. The van der Waals surface area contributed by atoms with Crippen LogP contribution in [0.5, 0.6) is 0 Å². The highest BCUT2D eigenvalue weighted by atomic mass is 16.1. The van der Waals surface area contributed by atoms with Crippen LogP contribution in [0.3, 0.4) is 0 Å². The second kappa shape index (κ2) is 8.19. The minimum absolute atomic E-state index is 0.162. The minimum atomic E-state index is -0.270. The Morgan fingerprint density at radius 1 is 0.938 bits per heavy atom. The topological polar surface area (TPSA) is 64.8 Å². The van der Waals surface area contributed by atoms with Crippen molar-refractivity contribution in [3.05, 3.63) is 97.7 Å². The van der Waals surface area contributed by atoms with Crippen LogP contribution >= 0.6 is 0 Å². The summed E-state index contributed by atoms with van der Waals surface area (Å²) in [6.07, 6.45) is 1.67. The first kappa shape index (κ1) is 21.7. The first-order valence-corrected chi connectivity index (χ1v) is 10.7. The summed E-state index contributed by atoms with van der Waals surface area (Å²) < 4.78 is 1.93. The van der Waals surface area contributed by atoms with Crippen LogP contribution in [-0.2, 0) is 6.54 Å². The number of hydrogen-bond donors (Lipinski definition) is 0. The zero-order valence-electron chi connectivity index (χ0n) is 19.4. The fraction of sp³-hybridized carbons (Fsp3) is 0.231. The standard InChI is InChI=1S/C26H26BN3O2/c1-14-6-8-19(10-16(14)3)24(31)22-13-30(12-20-9-7-15(2)26(27)29-20)23-18(5)28-17(4)11-21(23)25(22)32/h6-11,13H,12,27H2,1-5H3. The summed E-state index contributed by atoms with van der Waals surface area (Å²) in [5, 5.41) is 0.508. The van der Waals surface area contributed by atoms with Gasteiger partial charge in [0.2, 0.25) is 5.43 Å². The van der Waals surface area contributed by atoms with Crippen molar-refractivity contribution in [2.45, 2.75) is 41.2 Å². The van der Waals surface area contributed by atoms with Crippen LogP contribution in [0.25, 0.3) is 10.9 Å². The summed E-state index contributed by atoms with van der Waals surface area (Å²) in [4.78, 5) is 36.1. The molecule has 0 radical (unpaired) electrons. The zero-order valence-corrected chi connectivity index (χ0v) is 19.4. The molecule has 0 spiro atoms. The number of ketones is 1. The number of pyridine rings is 3. The third kappa shape index (κ3) is 3.88. The maximum absolute atomic E-state index is 13.4. The predicted octanol–water partition coefficient (Wildman–Crippen LogP) is 2.87. The molecule has 0 saturated carbocycles. The predicted molar refractivity (Wildman–Crippen MR) is 131 cm³/mol. The van der Waals surface area contributed by atoms with Crippen molar-refractivity contribution in [2.75, 3.05) is 0 Å². The third-order valence-corrected chi connectivity index (χ3v) is 6.11. The monoisotopic (exact) mass is 423 g/mol. The fourth-order valence-electron chi connectivity index (χ4n) is 4.05. The van der Waals surface area contributed by atoms with Gasteiger partial charge in [0.1, 0.15) is 0 Å². The van der Waals surface area contributed by atoms with Gasteiger partial charge in [-0.15, -0.1) is 0 Å². The first-order valence-electron chi connectivity index (χ1n) is 10.7. The molecule has 0 bridgehead atoms. The Bertz CT molecular complexity index is 1450. The van der Waals surface area contributed by atoms with Gasteiger partial charge in [-0.3, -0.25) is 19.6 Å². The molecule has 5 nitrogen and oxygen atoms in total. The number of carbonyl (C=O) groups excluding carboxylic acids is 1. The van der Waals surface area contributed by atoms with E-state index in [2.05, 4.69) is 4.98 Å². The Hall–Kier alpha value is -3.54. The Morgan fingerprint density at radius 3 is 2.34 bits per heavy atom. The number of aryl methyl sites for hydroxylation is 5. The van der Waals surface area contributed by atoms with Gasteiger partial charge in [0.25, 0.3) is 0 Å². The van der Waals surface area contributed by atoms with E-state index in [0.29, 0.717) is 17.5 Å². The Kier molecular flexibility index (Phi) is 5.55. The zero-order chi connectivity index (χ0) is 23.2. The van der Waals surface area contributed by atoms with E-state index in [1.54, 1.807) is 18.3 Å². The third-order valence-electron chi connectivity index (χ3n) is 6.11. The fourth-order valence-corrected chi connectivity index (χ4v) is 4.05. The molecule has 0 saturated heterocycles. The Labute approximate surface area is 188 Å². The van der Waals surface area contributed by atoms with Crippen LogP contribution in [0.2, 0.25) is 0 Å². The maximum Gasteiger partial charge on any atom is 0.200 e. The van der Waals surface area contributed by atoms with Gasteiger partial charge < -0.3 is 4.57 Å². The van der Waals surface area contributed by atoms with Crippen molar-refractivity contribution in [3.63, 3.8) is 0 Å². The van der Waals surface area contributed by atoms with Crippen molar-refractivity contribution in [1.29, 1.82) is 0 Å². The highest BCUT2D eigenvalue weighted by Gasteiger charge is 2.19. The lowest BCUT2D eigenvalue weighted by atomic mass is 9.97. The SMILES string of the molecule is Bc1nc(Cn2cc(C(=O)c3ccc(C)c(C)c3)c(=O)c3cc(C)nc(C)c32)ccc1C. The molecule has 0 amide bonds. The van der Waals surface area contributed by atoms with Crippen molar-refractivity contribution in [3.8, 4) is 0 Å². The van der Waals surface area contributed by atoms with Gasteiger partial charge in [-0.2, -0.15) is 0 Å². The van der Waals surface area contributed by atoms with E-state index in [1.807, 2.05) is 71.3 Å². The molecule has 0 fully saturated rings. The van der Waals surface area contributed by atoms with E-state index in [1.165, 1.54) is 0 Å². The number of aromatic nitrogens is 3. The number of benzene rings is 1. The van der Waals surface area contributed by atoms with Gasteiger partial charge in [-0.25, -0.2) is 0 Å². The molecule has 0 aliphatic carbocycles. The number of rotatable bonds is 4. The first-order chi connectivity index (χ1) is 15.2. The largest absolute Gasteiger partial charge is 0.339 e. The lowest BCUT2D eigenvalue weighted by molar-refractivity contribution is 0.103. The molecule has 3 heterocycles. The number of nitrogens with zero attached hydrogens (tertiary/aromatic N) is 3. The summed E-state index contributed by atoms with van der Waals surface area (Å²) in [5.74, 6) is -0.270. The van der Waals surface area contributed by atoms with Gasteiger partial charge in [0.05, 0.1) is 34.4 Å². The minimum Gasteiger partial charge on any atom is -0.339 e. The lowest BCUT2D eigenvalue weighted by Gasteiger charge is -2.16. The molecule has 0 aliphatic rings. The van der Waals surface area contributed by atoms with E-state index < -0.39 is 0 Å². The van der Waals surface area contributed by atoms with Gasteiger partial charge >= 0.3 is 0 Å². The lowest BCUT2D eigenvalue weighted by Crippen LogP contribution is -2.22. The van der Waals surface area contributed by atoms with Gasteiger partial charge in [-0.05, 0) is 75.1 Å². The summed E-state index contributed by atoms with van der Waals surface area (Å²) >= 11 is 0. The summed E-state index contributed by atoms with van der Waals surface area (Å²) in [7, 11) is 1.98. The van der Waals surface area contributed by atoms with Crippen LogP contribution < -0.4 is 11.0 Å². The Balaban J connectivity index is 1.95. The van der Waals surface area contributed by atoms with Gasteiger partial charge in [-0.1, -0.05) is 18.2 Å². The number of hydrogen-bond acceptors (Lipinski definition) is 4. The summed E-state index contributed by atoms with van der Waals surface area (Å²) in [6, 6.07) is 11.3. The van der Waals surface area contributed by atoms with E-state index in [9.17, 15) is 9.59 Å². The highest BCUT2D eigenvalue weighted by molar-refractivity contribution is 6.31. The van der Waals surface area contributed by atoms with Crippen molar-refractivity contribution >= 4 is 30.1 Å². The van der Waals surface area contributed by atoms with E-state index in [-0.39, 0.29) is 16.8 Å². The van der Waals surface area contributed by atoms with E-state index >= 15 is 0 Å². The second-order valence-electron chi connectivity index (χ2n) is 8.58. The smallest absolute Gasteiger partial charge is 0.200 e. The molecule has 0 atom stereocenters. The van der Waals surface area contributed by atoms with Crippen LogP contribution in [0, 0.1) is 34.6 Å². The Morgan fingerprint density at radius 2 is 1.66 bits per heavy atom. The molecule has 1 aromatic carbocycles. The van der Waals surface area contributed by atoms with Gasteiger partial charge in [0.15, 0.2) is 13.6 Å². The second-order valence-corrected chi connectivity index (χ2v) is 8.58. The molecule has 32 heavy (non-hydrogen) atoms. The van der Waals surface area contributed by atoms with Crippen LogP contribution in [-0.4, -0.2) is 28.2 Å². The number of fused-ring (bicyclic) bond motifs is 1. The molecular weight excluding hydrogens is 397 g/mol.